The Morgan fingerprint density at radius 2 is 1.36 bits per heavy atom. The average Bonchev–Trinajstić information content (AvgIpc) is 3.41. The van der Waals surface area contributed by atoms with E-state index < -0.39 is 55.0 Å². The minimum atomic E-state index is -6.32. The number of ketones is 1. The van der Waals surface area contributed by atoms with Gasteiger partial charge in [-0.2, -0.15) is 26.3 Å². The molecule has 4 fully saturated rings. The Hall–Kier alpha value is -2.96. The summed E-state index contributed by atoms with van der Waals surface area (Å²) < 4.78 is 124. The van der Waals surface area contributed by atoms with Crippen molar-refractivity contribution in [2.75, 3.05) is 6.54 Å². The number of carbonyl (C=O) groups excluding carboxylic acids is 2. The van der Waals surface area contributed by atoms with Gasteiger partial charge in [0.2, 0.25) is 5.91 Å². The molecule has 0 unspecified atom stereocenters. The summed E-state index contributed by atoms with van der Waals surface area (Å²) in [6, 6.07) is 8.09. The van der Waals surface area contributed by atoms with Gasteiger partial charge in [0, 0.05) is 22.9 Å². The zero-order valence-corrected chi connectivity index (χ0v) is 25.2. The summed E-state index contributed by atoms with van der Waals surface area (Å²) >= 11 is 0. The third kappa shape index (κ3) is 4.27. The number of rotatable bonds is 5. The Labute approximate surface area is 256 Å². The SMILES string of the molecule is CC(=O)C12CCC(C(=O)N3CC[C@@]4(S(=O)(=O)c5ccccc5)c5ccc(C(F)(C(F)(F)F)C(F)(F)F)cc5CC[C@@H]34)(CC1)CC2. The van der Waals surface area contributed by atoms with E-state index in [0.717, 1.165) is 6.07 Å². The van der Waals surface area contributed by atoms with Gasteiger partial charge in [-0.15, -0.1) is 0 Å². The van der Waals surface area contributed by atoms with Gasteiger partial charge in [0.25, 0.3) is 0 Å². The summed E-state index contributed by atoms with van der Waals surface area (Å²) in [5, 5.41) is 0. The van der Waals surface area contributed by atoms with Gasteiger partial charge in [0.15, 0.2) is 9.84 Å². The second-order valence-electron chi connectivity index (χ2n) is 13.2. The molecule has 0 aromatic heterocycles. The Morgan fingerprint density at radius 1 is 0.800 bits per heavy atom. The molecule has 45 heavy (non-hydrogen) atoms. The molecule has 7 rings (SSSR count). The van der Waals surface area contributed by atoms with Gasteiger partial charge in [0.05, 0.1) is 10.9 Å². The lowest BCUT2D eigenvalue weighted by Gasteiger charge is -2.53. The van der Waals surface area contributed by atoms with Crippen LogP contribution in [-0.4, -0.2) is 49.9 Å². The number of likely N-dealkylation sites (tertiary alicyclic amines) is 1. The number of Topliss-reactive ketones (excluding diaryl/α,β-unsaturated/α-hetero) is 1. The van der Waals surface area contributed by atoms with Crippen molar-refractivity contribution < 1.29 is 48.7 Å². The molecule has 13 heteroatoms. The summed E-state index contributed by atoms with van der Waals surface area (Å²) in [7, 11) is -4.39. The third-order valence-corrected chi connectivity index (χ3v) is 13.9. The van der Waals surface area contributed by atoms with Crippen molar-refractivity contribution in [1.82, 2.24) is 4.90 Å². The first-order chi connectivity index (χ1) is 20.9. The van der Waals surface area contributed by atoms with Crippen LogP contribution >= 0.6 is 0 Å². The van der Waals surface area contributed by atoms with Gasteiger partial charge in [-0.1, -0.05) is 36.4 Å². The molecular formula is C32H32F7NO4S. The molecule has 2 aromatic rings. The van der Waals surface area contributed by atoms with Crippen molar-refractivity contribution in [2.45, 2.75) is 98.4 Å². The van der Waals surface area contributed by atoms with Crippen LogP contribution in [0, 0.1) is 10.8 Å². The number of nitrogens with zero attached hydrogens (tertiary/aromatic N) is 1. The van der Waals surface area contributed by atoms with E-state index >= 15 is 4.39 Å². The van der Waals surface area contributed by atoms with Crippen LogP contribution in [0.2, 0.25) is 0 Å². The van der Waals surface area contributed by atoms with Gasteiger partial charge in [-0.25, -0.2) is 12.8 Å². The lowest BCUT2D eigenvalue weighted by molar-refractivity contribution is -0.348. The second kappa shape index (κ2) is 10.0. The van der Waals surface area contributed by atoms with Gasteiger partial charge in [-0.3, -0.25) is 9.59 Å². The first-order valence-corrected chi connectivity index (χ1v) is 16.4. The van der Waals surface area contributed by atoms with Crippen LogP contribution in [0.25, 0.3) is 0 Å². The Kier molecular flexibility index (Phi) is 7.12. The van der Waals surface area contributed by atoms with Gasteiger partial charge < -0.3 is 4.90 Å². The second-order valence-corrected chi connectivity index (χ2v) is 15.4. The van der Waals surface area contributed by atoms with Gasteiger partial charge in [0.1, 0.15) is 10.5 Å². The van der Waals surface area contributed by atoms with Crippen molar-refractivity contribution in [1.29, 1.82) is 0 Å². The normalized spacial score (nSPS) is 30.1. The Bertz CT molecular complexity index is 1610. The summed E-state index contributed by atoms with van der Waals surface area (Å²) in [6.45, 7) is 1.57. The number of aryl methyl sites for hydroxylation is 1. The maximum absolute atomic E-state index is 15.1. The van der Waals surface area contributed by atoms with Crippen LogP contribution in [0.4, 0.5) is 30.7 Å². The summed E-state index contributed by atoms with van der Waals surface area (Å²) in [5.74, 6) is -0.138. The molecule has 1 saturated heterocycles. The maximum Gasteiger partial charge on any atom is 0.435 e. The number of alkyl halides is 7. The highest BCUT2D eigenvalue weighted by Gasteiger charge is 2.74. The molecule has 244 valence electrons. The van der Waals surface area contributed by atoms with Crippen LogP contribution in [0.15, 0.2) is 53.4 Å². The molecule has 2 bridgehead atoms. The largest absolute Gasteiger partial charge is 0.435 e. The van der Waals surface area contributed by atoms with Crippen LogP contribution in [0.5, 0.6) is 0 Å². The molecule has 0 spiro atoms. The minimum Gasteiger partial charge on any atom is -0.337 e. The number of amides is 1. The van der Waals surface area contributed by atoms with E-state index in [1.54, 1.807) is 17.9 Å². The first kappa shape index (κ1) is 32.0. The molecule has 2 aromatic carbocycles. The van der Waals surface area contributed by atoms with Crippen LogP contribution in [0.1, 0.15) is 75.0 Å². The molecule has 0 N–H and O–H groups in total. The van der Waals surface area contributed by atoms with Crippen LogP contribution in [-0.2, 0) is 36.3 Å². The zero-order chi connectivity index (χ0) is 32.8. The number of hydrogen-bond acceptors (Lipinski definition) is 4. The number of carbonyl (C=O) groups is 2. The van der Waals surface area contributed by atoms with E-state index in [1.165, 1.54) is 24.3 Å². The zero-order valence-electron chi connectivity index (χ0n) is 24.4. The van der Waals surface area contributed by atoms with E-state index in [1.807, 2.05) is 0 Å². The topological polar surface area (TPSA) is 71.5 Å². The lowest BCUT2D eigenvalue weighted by atomic mass is 9.52. The molecule has 3 saturated carbocycles. The summed E-state index contributed by atoms with van der Waals surface area (Å²) in [5.41, 5.74) is -8.71. The lowest BCUT2D eigenvalue weighted by Crippen LogP contribution is -2.57. The number of hydrogen-bond donors (Lipinski definition) is 0. The standard InChI is InChI=1S/C32H32F7NO4S/c1-20(41)27-11-14-28(15-12-27,16-13-27)26(42)40-18-17-29(45(43,44)23-5-3-2-4-6-23)24-9-8-22(19-21(24)7-10-25(29)40)30(33,31(34,35)36)32(37,38)39/h2-6,8-9,19,25H,7,10-18H2,1H3/t25-,27?,28?,29-/m1/s1. The van der Waals surface area contributed by atoms with Crippen molar-refractivity contribution in [3.8, 4) is 0 Å². The fourth-order valence-electron chi connectivity index (χ4n) is 8.62. The molecular weight excluding hydrogens is 627 g/mol. The Morgan fingerprint density at radius 3 is 1.89 bits per heavy atom. The predicted molar refractivity (Wildman–Crippen MR) is 148 cm³/mol. The smallest absolute Gasteiger partial charge is 0.337 e. The van der Waals surface area contributed by atoms with E-state index in [4.69, 9.17) is 0 Å². The molecule has 4 aliphatic carbocycles. The highest BCUT2D eigenvalue weighted by Crippen LogP contribution is 2.61. The van der Waals surface area contributed by atoms with Crippen molar-refractivity contribution in [3.05, 3.63) is 65.2 Å². The van der Waals surface area contributed by atoms with Gasteiger partial charge >= 0.3 is 18.0 Å². The van der Waals surface area contributed by atoms with E-state index in [-0.39, 0.29) is 53.5 Å². The summed E-state index contributed by atoms with van der Waals surface area (Å²) in [6.07, 6.45) is -9.92. The highest BCUT2D eigenvalue weighted by molar-refractivity contribution is 7.92. The summed E-state index contributed by atoms with van der Waals surface area (Å²) in [4.78, 5) is 28.2. The molecule has 1 amide bonds. The Balaban J connectivity index is 1.46. The van der Waals surface area contributed by atoms with Crippen LogP contribution in [0.3, 0.4) is 0 Å². The predicted octanol–water partition coefficient (Wildman–Crippen LogP) is 7.12. The fraction of sp³-hybridized carbons (Fsp3) is 0.562. The first-order valence-electron chi connectivity index (χ1n) is 14.9. The number of sulfone groups is 1. The molecule has 5 aliphatic rings. The van der Waals surface area contributed by atoms with Gasteiger partial charge in [-0.05, 0) is 88.0 Å². The molecule has 1 heterocycles. The monoisotopic (exact) mass is 659 g/mol. The van der Waals surface area contributed by atoms with E-state index in [2.05, 4.69) is 0 Å². The minimum absolute atomic E-state index is 0.00844. The number of benzene rings is 2. The van der Waals surface area contributed by atoms with Crippen molar-refractivity contribution >= 4 is 21.5 Å². The quantitative estimate of drug-likeness (QED) is 0.321. The molecule has 5 nitrogen and oxygen atoms in total. The molecule has 1 aliphatic heterocycles. The van der Waals surface area contributed by atoms with Crippen LogP contribution < -0.4 is 0 Å². The average molecular weight is 660 g/mol. The number of fused-ring (bicyclic) bond motifs is 6. The fourth-order valence-corrected chi connectivity index (χ4v) is 11.0. The molecule has 2 atom stereocenters. The van der Waals surface area contributed by atoms with E-state index in [9.17, 15) is 44.3 Å². The highest BCUT2D eigenvalue weighted by atomic mass is 32.2. The third-order valence-electron chi connectivity index (χ3n) is 11.3. The van der Waals surface area contributed by atoms with Crippen molar-refractivity contribution in [3.63, 3.8) is 0 Å². The number of halogens is 7. The van der Waals surface area contributed by atoms with E-state index in [0.29, 0.717) is 50.7 Å². The molecule has 0 radical (unpaired) electrons. The maximum atomic E-state index is 15.1. The van der Waals surface area contributed by atoms with Crippen molar-refractivity contribution in [2.24, 2.45) is 10.8 Å².